The minimum atomic E-state index is -0.725. The highest BCUT2D eigenvalue weighted by Crippen LogP contribution is 2.22. The maximum Gasteiger partial charge on any atom is 0.405 e. The van der Waals surface area contributed by atoms with E-state index in [4.69, 9.17) is 21.7 Å². The molecule has 0 aliphatic carbocycles. The Labute approximate surface area is 173 Å². The Kier molecular flexibility index (Phi) is 9.79. The summed E-state index contributed by atoms with van der Waals surface area (Å²) in [6, 6.07) is 5.81. The second-order valence-corrected chi connectivity index (χ2v) is 8.16. The van der Waals surface area contributed by atoms with Gasteiger partial charge in [-0.3, -0.25) is 0 Å². The number of hydrogen-bond donors (Lipinski definition) is 3. The Morgan fingerprint density at radius 3 is 1.82 bits per heavy atom. The molecule has 6 N–H and O–H groups in total. The van der Waals surface area contributed by atoms with Gasteiger partial charge in [-0.25, -0.2) is 9.59 Å². The molecule has 0 aliphatic rings. The van der Waals surface area contributed by atoms with Crippen molar-refractivity contribution >= 4 is 44.9 Å². The standard InChI is InChI=1S/C8H7BrN2O.2C5H11NO2/c9-4-5-1-2-7-6(3-5)8(10)11-12-7;2*1-5(2,3)8-4(6)7/h1-3H,4H2,(H2,10,11);2*1-3H3,(H2,6,7). The highest BCUT2D eigenvalue weighted by atomic mass is 79.9. The lowest BCUT2D eigenvalue weighted by molar-refractivity contribution is 0.0588. The van der Waals surface area contributed by atoms with Crippen molar-refractivity contribution in [3.63, 3.8) is 0 Å². The molecule has 1 aromatic carbocycles. The molecule has 0 saturated carbocycles. The van der Waals surface area contributed by atoms with Gasteiger partial charge in [-0.05, 0) is 59.2 Å². The molecular weight excluding hydrogens is 432 g/mol. The summed E-state index contributed by atoms with van der Waals surface area (Å²) in [6.45, 7) is 10.6. The third-order valence-electron chi connectivity index (χ3n) is 2.53. The number of carbonyl (C=O) groups excluding carboxylic acids is 2. The molecule has 0 spiro atoms. The molecular formula is C18H29BrN4O5. The van der Waals surface area contributed by atoms with Crippen molar-refractivity contribution in [2.75, 3.05) is 5.73 Å². The molecule has 28 heavy (non-hydrogen) atoms. The van der Waals surface area contributed by atoms with Crippen LogP contribution in [0.5, 0.6) is 0 Å². The van der Waals surface area contributed by atoms with Crippen LogP contribution in [0.3, 0.4) is 0 Å². The summed E-state index contributed by atoms with van der Waals surface area (Å²) in [5.41, 5.74) is 16.0. The zero-order chi connectivity index (χ0) is 22.1. The maximum atomic E-state index is 10.0. The van der Waals surface area contributed by atoms with Gasteiger partial charge in [-0.15, -0.1) is 0 Å². The van der Waals surface area contributed by atoms with E-state index >= 15 is 0 Å². The third-order valence-corrected chi connectivity index (χ3v) is 3.18. The fourth-order valence-corrected chi connectivity index (χ4v) is 2.04. The number of carbonyl (C=O) groups is 2. The highest BCUT2D eigenvalue weighted by Gasteiger charge is 2.13. The van der Waals surface area contributed by atoms with Crippen LogP contribution >= 0.6 is 15.9 Å². The maximum absolute atomic E-state index is 10.0. The van der Waals surface area contributed by atoms with E-state index in [9.17, 15) is 9.59 Å². The number of halogens is 1. The Morgan fingerprint density at radius 2 is 1.50 bits per heavy atom. The summed E-state index contributed by atoms with van der Waals surface area (Å²) in [6.07, 6.45) is -1.45. The molecule has 0 atom stereocenters. The van der Waals surface area contributed by atoms with Gasteiger partial charge in [0, 0.05) is 5.33 Å². The first kappa shape index (κ1) is 25.5. The van der Waals surface area contributed by atoms with Crippen LogP contribution < -0.4 is 17.2 Å². The van der Waals surface area contributed by atoms with Crippen molar-refractivity contribution in [3.05, 3.63) is 23.8 Å². The topological polar surface area (TPSA) is 157 Å². The number of nitrogen functional groups attached to an aromatic ring is 1. The Hall–Kier alpha value is -2.49. The monoisotopic (exact) mass is 460 g/mol. The van der Waals surface area contributed by atoms with Crippen molar-refractivity contribution in [1.82, 2.24) is 5.16 Å². The van der Waals surface area contributed by atoms with E-state index < -0.39 is 23.4 Å². The molecule has 0 aliphatic heterocycles. The first-order valence-corrected chi connectivity index (χ1v) is 9.43. The number of ether oxygens (including phenoxy) is 2. The number of alkyl halides is 1. The van der Waals surface area contributed by atoms with E-state index in [0.29, 0.717) is 5.82 Å². The number of nitrogens with zero attached hydrogens (tertiary/aromatic N) is 1. The fourth-order valence-electron chi connectivity index (χ4n) is 1.69. The first-order valence-electron chi connectivity index (χ1n) is 8.31. The van der Waals surface area contributed by atoms with Crippen LogP contribution in [0.1, 0.15) is 47.1 Å². The van der Waals surface area contributed by atoms with Crippen LogP contribution in [0.25, 0.3) is 11.0 Å². The molecule has 158 valence electrons. The van der Waals surface area contributed by atoms with Gasteiger partial charge in [-0.1, -0.05) is 27.2 Å². The summed E-state index contributed by atoms with van der Waals surface area (Å²) < 4.78 is 14.1. The number of aromatic nitrogens is 1. The summed E-state index contributed by atoms with van der Waals surface area (Å²) in [5, 5.41) is 5.35. The van der Waals surface area contributed by atoms with E-state index in [1.54, 1.807) is 41.5 Å². The van der Waals surface area contributed by atoms with E-state index in [1.807, 2.05) is 18.2 Å². The number of rotatable bonds is 1. The van der Waals surface area contributed by atoms with Gasteiger partial charge in [0.2, 0.25) is 0 Å². The number of nitrogens with two attached hydrogens (primary N) is 3. The van der Waals surface area contributed by atoms with Gasteiger partial charge in [0.05, 0.1) is 5.39 Å². The second kappa shape index (κ2) is 10.7. The van der Waals surface area contributed by atoms with Crippen LogP contribution in [0.4, 0.5) is 15.4 Å². The van der Waals surface area contributed by atoms with Gasteiger partial charge < -0.3 is 31.2 Å². The number of amides is 2. The number of hydrogen-bond acceptors (Lipinski definition) is 7. The Balaban J connectivity index is 0.000000408. The SMILES string of the molecule is CC(C)(C)OC(N)=O.CC(C)(C)OC(N)=O.Nc1noc2ccc(CBr)cc12. The predicted molar refractivity (Wildman–Crippen MR) is 112 cm³/mol. The normalized spacial score (nSPS) is 10.8. The average molecular weight is 461 g/mol. The minimum Gasteiger partial charge on any atom is -0.444 e. The van der Waals surface area contributed by atoms with Gasteiger partial charge in [0.15, 0.2) is 11.4 Å². The van der Waals surface area contributed by atoms with Crippen molar-refractivity contribution in [1.29, 1.82) is 0 Å². The number of fused-ring (bicyclic) bond motifs is 1. The van der Waals surface area contributed by atoms with Gasteiger partial charge in [-0.2, -0.15) is 0 Å². The highest BCUT2D eigenvalue weighted by molar-refractivity contribution is 9.08. The van der Waals surface area contributed by atoms with E-state index in [0.717, 1.165) is 21.9 Å². The van der Waals surface area contributed by atoms with E-state index in [2.05, 4.69) is 30.6 Å². The lowest BCUT2D eigenvalue weighted by Gasteiger charge is -2.16. The molecule has 0 saturated heterocycles. The molecule has 10 heteroatoms. The van der Waals surface area contributed by atoms with Crippen LogP contribution in [-0.2, 0) is 14.8 Å². The zero-order valence-electron chi connectivity index (χ0n) is 17.0. The minimum absolute atomic E-state index is 0.452. The van der Waals surface area contributed by atoms with Crippen molar-refractivity contribution in [2.24, 2.45) is 11.5 Å². The number of primary amides is 2. The quantitative estimate of drug-likeness (QED) is 0.540. The lowest BCUT2D eigenvalue weighted by Crippen LogP contribution is -2.27. The first-order chi connectivity index (χ1) is 12.6. The molecule has 9 nitrogen and oxygen atoms in total. The Bertz CT molecular complexity index is 752. The predicted octanol–water partition coefficient (Wildman–Crippen LogP) is 4.07. The molecule has 1 heterocycles. The Morgan fingerprint density at radius 1 is 1.04 bits per heavy atom. The molecule has 0 radical (unpaired) electrons. The number of benzene rings is 1. The summed E-state index contributed by atoms with van der Waals surface area (Å²) in [4.78, 5) is 20.0. The molecule has 2 rings (SSSR count). The molecule has 1 aromatic heterocycles. The summed E-state index contributed by atoms with van der Waals surface area (Å²) in [7, 11) is 0. The molecule has 0 fully saturated rings. The third kappa shape index (κ3) is 12.0. The molecule has 0 unspecified atom stereocenters. The second-order valence-electron chi connectivity index (χ2n) is 7.60. The summed E-state index contributed by atoms with van der Waals surface area (Å²) >= 11 is 3.36. The van der Waals surface area contributed by atoms with Crippen LogP contribution in [0, 0.1) is 0 Å². The van der Waals surface area contributed by atoms with Gasteiger partial charge in [0.25, 0.3) is 0 Å². The summed E-state index contributed by atoms with van der Waals surface area (Å²) in [5.74, 6) is 0.452. The molecule has 0 bridgehead atoms. The fraction of sp³-hybridized carbons (Fsp3) is 0.500. The number of anilines is 1. The largest absolute Gasteiger partial charge is 0.444 e. The van der Waals surface area contributed by atoms with Gasteiger partial charge in [0.1, 0.15) is 11.2 Å². The van der Waals surface area contributed by atoms with Crippen LogP contribution in [0.15, 0.2) is 22.7 Å². The lowest BCUT2D eigenvalue weighted by atomic mass is 10.2. The smallest absolute Gasteiger partial charge is 0.405 e. The van der Waals surface area contributed by atoms with E-state index in [-0.39, 0.29) is 0 Å². The van der Waals surface area contributed by atoms with Crippen molar-refractivity contribution < 1.29 is 23.6 Å². The van der Waals surface area contributed by atoms with E-state index in [1.165, 1.54) is 0 Å². The van der Waals surface area contributed by atoms with Crippen LogP contribution in [0.2, 0.25) is 0 Å². The van der Waals surface area contributed by atoms with Gasteiger partial charge >= 0.3 is 12.2 Å². The van der Waals surface area contributed by atoms with Crippen LogP contribution in [-0.4, -0.2) is 28.5 Å². The molecule has 2 amide bonds. The average Bonchev–Trinajstić information content (AvgIpc) is 2.84. The van der Waals surface area contributed by atoms with Crippen molar-refractivity contribution in [3.8, 4) is 0 Å². The van der Waals surface area contributed by atoms with Crippen molar-refractivity contribution in [2.45, 2.75) is 58.1 Å². The molecule has 2 aromatic rings. The zero-order valence-corrected chi connectivity index (χ0v) is 18.6.